The Bertz CT molecular complexity index is 1170. The summed E-state index contributed by atoms with van der Waals surface area (Å²) in [5.41, 5.74) is 1.29. The molecule has 2 aliphatic heterocycles. The van der Waals surface area contributed by atoms with Crippen molar-refractivity contribution in [1.29, 1.82) is 0 Å². The maximum atomic E-state index is 12.7. The molecular weight excluding hydrogens is 454 g/mol. The van der Waals surface area contributed by atoms with Gasteiger partial charge in [0.2, 0.25) is 5.91 Å². The van der Waals surface area contributed by atoms with E-state index in [9.17, 15) is 9.59 Å². The lowest BCUT2D eigenvalue weighted by Gasteiger charge is -2.38. The number of aryl methyl sites for hydroxylation is 1. The van der Waals surface area contributed by atoms with E-state index in [1.807, 2.05) is 22.7 Å². The van der Waals surface area contributed by atoms with Crippen LogP contribution in [0.4, 0.5) is 0 Å². The Morgan fingerprint density at radius 1 is 1.24 bits per heavy atom. The van der Waals surface area contributed by atoms with E-state index in [2.05, 4.69) is 20.4 Å². The summed E-state index contributed by atoms with van der Waals surface area (Å²) in [6.07, 6.45) is 13.5. The van der Waals surface area contributed by atoms with Crippen LogP contribution in [0.25, 0.3) is 5.52 Å². The number of thioether (sulfide) groups is 1. The first-order valence-electron chi connectivity index (χ1n) is 11.6. The van der Waals surface area contributed by atoms with Crippen LogP contribution in [0, 0.1) is 5.41 Å². The molecular formula is C23H29N7O3S. The molecule has 180 valence electrons. The van der Waals surface area contributed by atoms with Crippen molar-refractivity contribution in [3.05, 3.63) is 42.7 Å². The molecule has 11 heteroatoms. The van der Waals surface area contributed by atoms with Gasteiger partial charge in [0.15, 0.2) is 5.16 Å². The summed E-state index contributed by atoms with van der Waals surface area (Å²) in [4.78, 5) is 35.6. The highest BCUT2D eigenvalue weighted by molar-refractivity contribution is 7.99. The van der Waals surface area contributed by atoms with Crippen molar-refractivity contribution in [1.82, 2.24) is 34.4 Å². The highest BCUT2D eigenvalue weighted by atomic mass is 32.2. The Labute approximate surface area is 202 Å². The molecule has 3 aromatic rings. The van der Waals surface area contributed by atoms with Crippen LogP contribution in [0.15, 0.2) is 42.3 Å². The number of carbonyl (C=O) groups is 2. The van der Waals surface area contributed by atoms with Gasteiger partial charge in [-0.2, -0.15) is 5.10 Å². The van der Waals surface area contributed by atoms with Crippen LogP contribution in [0.1, 0.15) is 36.0 Å². The lowest BCUT2D eigenvalue weighted by Crippen LogP contribution is -2.43. The lowest BCUT2D eigenvalue weighted by atomic mass is 9.76. The average Bonchev–Trinajstić information content (AvgIpc) is 3.57. The molecule has 2 aliphatic rings. The number of nitrogens with one attached hydrogen (secondary N) is 1. The largest absolute Gasteiger partial charge is 0.376 e. The summed E-state index contributed by atoms with van der Waals surface area (Å²) in [6.45, 7) is 2.68. The van der Waals surface area contributed by atoms with Crippen molar-refractivity contribution in [3.63, 3.8) is 0 Å². The fraction of sp³-hybridized carbons (Fsp3) is 0.522. The van der Waals surface area contributed by atoms with Crippen LogP contribution in [0.3, 0.4) is 0 Å². The summed E-state index contributed by atoms with van der Waals surface area (Å²) in [5, 5.41) is 8.11. The summed E-state index contributed by atoms with van der Waals surface area (Å²) < 4.78 is 9.65. The third-order valence-corrected chi connectivity index (χ3v) is 7.91. The summed E-state index contributed by atoms with van der Waals surface area (Å²) >= 11 is 1.61. The molecule has 1 spiro atoms. The number of amides is 2. The van der Waals surface area contributed by atoms with Gasteiger partial charge >= 0.3 is 0 Å². The minimum atomic E-state index is -0.170. The number of nitrogens with zero attached hydrogens (tertiary/aromatic N) is 6. The molecule has 0 aromatic carbocycles. The van der Waals surface area contributed by atoms with Crippen LogP contribution in [-0.4, -0.2) is 79.0 Å². The van der Waals surface area contributed by atoms with E-state index in [0.29, 0.717) is 30.7 Å². The number of ether oxygens (including phenoxy) is 1. The minimum absolute atomic E-state index is 0.0136. The van der Waals surface area contributed by atoms with Crippen LogP contribution in [0.2, 0.25) is 0 Å². The Hall–Kier alpha value is -2.92. The highest BCUT2D eigenvalue weighted by Crippen LogP contribution is 2.42. The third-order valence-electron chi connectivity index (χ3n) is 6.85. The fourth-order valence-electron chi connectivity index (χ4n) is 4.80. The lowest BCUT2D eigenvalue weighted by molar-refractivity contribution is -0.133. The predicted octanol–water partition coefficient (Wildman–Crippen LogP) is 1.77. The molecule has 1 atom stereocenters. The average molecular weight is 484 g/mol. The molecule has 2 fully saturated rings. The first-order chi connectivity index (χ1) is 16.5. The summed E-state index contributed by atoms with van der Waals surface area (Å²) in [7, 11) is 1.96. The highest BCUT2D eigenvalue weighted by Gasteiger charge is 2.43. The number of carbonyl (C=O) groups excluding carboxylic acids is 2. The number of rotatable bonds is 7. The van der Waals surface area contributed by atoms with Crippen molar-refractivity contribution in [2.45, 2.75) is 36.9 Å². The Morgan fingerprint density at radius 3 is 2.88 bits per heavy atom. The topological polar surface area (TPSA) is 107 Å². The van der Waals surface area contributed by atoms with Gasteiger partial charge in [0.05, 0.1) is 36.2 Å². The molecule has 0 radical (unpaired) electrons. The van der Waals surface area contributed by atoms with Gasteiger partial charge in [-0.25, -0.2) is 9.50 Å². The van der Waals surface area contributed by atoms with Crippen molar-refractivity contribution in [2.24, 2.45) is 12.5 Å². The van der Waals surface area contributed by atoms with Gasteiger partial charge in [-0.15, -0.1) is 0 Å². The second-order valence-corrected chi connectivity index (χ2v) is 10.2. The standard InChI is InChI=1S/C23H29N7O3S/c1-28-9-6-25-22(28)34-11-2-20(31)29-7-3-23(4-8-29)12-17(33-16-23)13-26-21(32)18-14-27-30-10-5-24-15-19(18)30/h5-6,9-10,14-15,17H,2-4,7-8,11-13,16H2,1H3,(H,26,32). The molecule has 1 N–H and O–H groups in total. The van der Waals surface area contributed by atoms with Gasteiger partial charge in [-0.3, -0.25) is 14.6 Å². The van der Waals surface area contributed by atoms with Crippen molar-refractivity contribution in [2.75, 3.05) is 32.0 Å². The molecule has 0 bridgehead atoms. The third kappa shape index (κ3) is 4.80. The van der Waals surface area contributed by atoms with E-state index in [1.54, 1.807) is 47.3 Å². The summed E-state index contributed by atoms with van der Waals surface area (Å²) in [6, 6.07) is 0. The van der Waals surface area contributed by atoms with Gasteiger partial charge in [0.1, 0.15) is 0 Å². The zero-order valence-corrected chi connectivity index (χ0v) is 20.0. The Balaban J connectivity index is 1.06. The van der Waals surface area contributed by atoms with Gasteiger partial charge in [0.25, 0.3) is 5.91 Å². The molecule has 5 heterocycles. The molecule has 1 unspecified atom stereocenters. The summed E-state index contributed by atoms with van der Waals surface area (Å²) in [5.74, 6) is 0.775. The normalized spacial score (nSPS) is 19.7. The Kier molecular flexibility index (Phi) is 6.55. The first-order valence-corrected chi connectivity index (χ1v) is 12.6. The molecule has 2 amide bonds. The van der Waals surface area contributed by atoms with Crippen molar-refractivity contribution < 1.29 is 14.3 Å². The van der Waals surface area contributed by atoms with Gasteiger partial charge in [-0.1, -0.05) is 11.8 Å². The van der Waals surface area contributed by atoms with Crippen LogP contribution in [-0.2, 0) is 16.6 Å². The van der Waals surface area contributed by atoms with Crippen molar-refractivity contribution >= 4 is 29.1 Å². The number of hydrogen-bond donors (Lipinski definition) is 1. The number of imidazole rings is 1. The fourth-order valence-corrected chi connectivity index (χ4v) is 5.65. The van der Waals surface area contributed by atoms with E-state index in [1.165, 1.54) is 0 Å². The molecule has 5 rings (SSSR count). The SMILES string of the molecule is Cn1ccnc1SCCC(=O)N1CCC2(CC1)COC(CNC(=O)c1cnn3ccncc13)C2. The number of likely N-dealkylation sites (tertiary alicyclic amines) is 1. The number of hydrogen-bond acceptors (Lipinski definition) is 7. The molecule has 34 heavy (non-hydrogen) atoms. The molecule has 2 saturated heterocycles. The molecule has 0 aliphatic carbocycles. The maximum Gasteiger partial charge on any atom is 0.255 e. The molecule has 0 saturated carbocycles. The zero-order valence-electron chi connectivity index (χ0n) is 19.2. The molecule has 3 aromatic heterocycles. The quantitative estimate of drug-likeness (QED) is 0.511. The van der Waals surface area contributed by atoms with Gasteiger partial charge in [0, 0.05) is 63.6 Å². The van der Waals surface area contributed by atoms with E-state index in [4.69, 9.17) is 4.74 Å². The van der Waals surface area contributed by atoms with E-state index in [-0.39, 0.29) is 23.3 Å². The minimum Gasteiger partial charge on any atom is -0.376 e. The number of aromatic nitrogens is 5. The van der Waals surface area contributed by atoms with Crippen molar-refractivity contribution in [3.8, 4) is 0 Å². The van der Waals surface area contributed by atoms with Crippen LogP contribution < -0.4 is 5.32 Å². The van der Waals surface area contributed by atoms with Gasteiger partial charge in [-0.05, 0) is 24.7 Å². The maximum absolute atomic E-state index is 12.7. The van der Waals surface area contributed by atoms with E-state index < -0.39 is 0 Å². The second-order valence-electron chi connectivity index (χ2n) is 9.11. The second kappa shape index (κ2) is 9.75. The van der Waals surface area contributed by atoms with Crippen LogP contribution >= 0.6 is 11.8 Å². The molecule has 10 nitrogen and oxygen atoms in total. The number of piperidine rings is 1. The zero-order chi connectivity index (χ0) is 23.5. The predicted molar refractivity (Wildman–Crippen MR) is 126 cm³/mol. The smallest absolute Gasteiger partial charge is 0.255 e. The Morgan fingerprint density at radius 2 is 2.09 bits per heavy atom. The number of fused-ring (bicyclic) bond motifs is 1. The van der Waals surface area contributed by atoms with Gasteiger partial charge < -0.3 is 19.5 Å². The monoisotopic (exact) mass is 483 g/mol. The van der Waals surface area contributed by atoms with Crippen LogP contribution in [0.5, 0.6) is 0 Å². The van der Waals surface area contributed by atoms with E-state index in [0.717, 1.165) is 43.3 Å². The van der Waals surface area contributed by atoms with E-state index >= 15 is 0 Å². The first kappa shape index (κ1) is 22.9.